The third-order valence-electron chi connectivity index (χ3n) is 3.20. The summed E-state index contributed by atoms with van der Waals surface area (Å²) in [7, 11) is 0. The Labute approximate surface area is 142 Å². The standard InChI is InChI=1S/C16H15N5O2S/c1-10(2)20-15-14(21(22)23)16(19-9-18-15)24-12-7-3-5-11-6-4-8-17-13(11)12/h3-10H,1-2H3,(H,18,19,20). The van der Waals surface area contributed by atoms with Crippen LogP contribution < -0.4 is 5.32 Å². The van der Waals surface area contributed by atoms with Gasteiger partial charge in [-0.15, -0.1) is 0 Å². The van der Waals surface area contributed by atoms with Crippen LogP contribution in [0.15, 0.2) is 52.8 Å². The van der Waals surface area contributed by atoms with Gasteiger partial charge in [0.05, 0.1) is 10.4 Å². The van der Waals surface area contributed by atoms with E-state index in [1.54, 1.807) is 6.20 Å². The van der Waals surface area contributed by atoms with E-state index < -0.39 is 4.92 Å². The van der Waals surface area contributed by atoms with E-state index in [-0.39, 0.29) is 22.6 Å². The quantitative estimate of drug-likeness (QED) is 0.427. The molecule has 0 atom stereocenters. The molecule has 2 aromatic heterocycles. The van der Waals surface area contributed by atoms with Crippen LogP contribution in [0, 0.1) is 10.1 Å². The molecule has 0 fully saturated rings. The molecule has 0 amide bonds. The van der Waals surface area contributed by atoms with E-state index >= 15 is 0 Å². The molecule has 2 heterocycles. The summed E-state index contributed by atoms with van der Waals surface area (Å²) in [6, 6.07) is 9.55. The second kappa shape index (κ2) is 6.79. The van der Waals surface area contributed by atoms with E-state index in [1.807, 2.05) is 44.2 Å². The predicted molar refractivity (Wildman–Crippen MR) is 93.3 cm³/mol. The van der Waals surface area contributed by atoms with Gasteiger partial charge in [-0.3, -0.25) is 15.1 Å². The Morgan fingerprint density at radius 2 is 1.96 bits per heavy atom. The molecule has 0 spiro atoms. The van der Waals surface area contributed by atoms with Crippen LogP contribution in [0.2, 0.25) is 0 Å². The van der Waals surface area contributed by atoms with Crippen molar-refractivity contribution in [3.05, 3.63) is 53.0 Å². The van der Waals surface area contributed by atoms with E-state index in [0.29, 0.717) is 0 Å². The summed E-state index contributed by atoms with van der Waals surface area (Å²) in [5.74, 6) is 0.223. The molecule has 0 saturated heterocycles. The van der Waals surface area contributed by atoms with E-state index in [9.17, 15) is 10.1 Å². The smallest absolute Gasteiger partial charge is 0.343 e. The van der Waals surface area contributed by atoms with E-state index in [1.165, 1.54) is 18.1 Å². The lowest BCUT2D eigenvalue weighted by atomic mass is 10.2. The van der Waals surface area contributed by atoms with Crippen molar-refractivity contribution >= 4 is 34.2 Å². The van der Waals surface area contributed by atoms with Crippen LogP contribution >= 0.6 is 11.8 Å². The molecule has 0 unspecified atom stereocenters. The first kappa shape index (κ1) is 16.1. The number of pyridine rings is 1. The second-order valence-electron chi connectivity index (χ2n) is 5.37. The summed E-state index contributed by atoms with van der Waals surface area (Å²) >= 11 is 1.22. The minimum Gasteiger partial charge on any atom is -0.362 e. The summed E-state index contributed by atoms with van der Waals surface area (Å²) in [6.07, 6.45) is 3.03. The molecule has 3 aromatic rings. The van der Waals surface area contributed by atoms with Crippen molar-refractivity contribution in [2.24, 2.45) is 0 Å². The van der Waals surface area contributed by atoms with Gasteiger partial charge >= 0.3 is 5.69 Å². The monoisotopic (exact) mass is 341 g/mol. The molecule has 7 nitrogen and oxygen atoms in total. The van der Waals surface area contributed by atoms with Crippen molar-refractivity contribution < 1.29 is 4.92 Å². The van der Waals surface area contributed by atoms with Crippen molar-refractivity contribution in [3.8, 4) is 0 Å². The van der Waals surface area contributed by atoms with Gasteiger partial charge < -0.3 is 5.32 Å². The molecule has 0 aliphatic rings. The van der Waals surface area contributed by atoms with Gasteiger partial charge in [-0.05, 0) is 26.0 Å². The number of anilines is 1. The van der Waals surface area contributed by atoms with Crippen molar-refractivity contribution in [2.45, 2.75) is 29.8 Å². The van der Waals surface area contributed by atoms with Crippen LogP contribution in [0.3, 0.4) is 0 Å². The Bertz CT molecular complexity index is 895. The van der Waals surface area contributed by atoms with Crippen LogP contribution in [-0.2, 0) is 0 Å². The summed E-state index contributed by atoms with van der Waals surface area (Å²) in [6.45, 7) is 3.79. The first-order valence-corrected chi connectivity index (χ1v) is 8.15. The average Bonchev–Trinajstić information content (AvgIpc) is 2.54. The fraction of sp³-hybridized carbons (Fsp3) is 0.188. The molecular weight excluding hydrogens is 326 g/mol. The third kappa shape index (κ3) is 3.28. The maximum atomic E-state index is 11.5. The van der Waals surface area contributed by atoms with Gasteiger partial charge in [0.1, 0.15) is 6.33 Å². The van der Waals surface area contributed by atoms with Gasteiger partial charge in [-0.25, -0.2) is 9.97 Å². The summed E-state index contributed by atoms with van der Waals surface area (Å²) in [5, 5.41) is 15.8. The average molecular weight is 341 g/mol. The molecule has 0 radical (unpaired) electrons. The predicted octanol–water partition coefficient (Wildman–Crippen LogP) is 3.90. The molecule has 0 aliphatic heterocycles. The molecular formula is C16H15N5O2S. The Hall–Kier alpha value is -2.74. The normalized spacial score (nSPS) is 11.0. The van der Waals surface area contributed by atoms with E-state index in [2.05, 4.69) is 20.3 Å². The van der Waals surface area contributed by atoms with Crippen molar-refractivity contribution in [2.75, 3.05) is 5.32 Å². The number of aromatic nitrogens is 3. The number of fused-ring (bicyclic) bond motifs is 1. The maximum Gasteiger partial charge on any atom is 0.343 e. The van der Waals surface area contributed by atoms with Crippen LogP contribution in [0.5, 0.6) is 0 Å². The van der Waals surface area contributed by atoms with Gasteiger partial charge in [-0.2, -0.15) is 0 Å². The molecule has 8 heteroatoms. The van der Waals surface area contributed by atoms with Crippen molar-refractivity contribution in [1.29, 1.82) is 0 Å². The minimum atomic E-state index is -0.453. The molecule has 122 valence electrons. The van der Waals surface area contributed by atoms with Crippen LogP contribution in [0.25, 0.3) is 10.9 Å². The zero-order valence-electron chi connectivity index (χ0n) is 13.1. The van der Waals surface area contributed by atoms with Gasteiger partial charge in [-0.1, -0.05) is 30.0 Å². The highest BCUT2D eigenvalue weighted by atomic mass is 32.2. The largest absolute Gasteiger partial charge is 0.362 e. The molecule has 0 saturated carbocycles. The highest BCUT2D eigenvalue weighted by Crippen LogP contribution is 2.38. The number of nitrogens with one attached hydrogen (secondary N) is 1. The lowest BCUT2D eigenvalue weighted by Crippen LogP contribution is -2.13. The Morgan fingerprint density at radius 1 is 1.17 bits per heavy atom. The second-order valence-corrected chi connectivity index (χ2v) is 6.40. The Morgan fingerprint density at radius 3 is 2.71 bits per heavy atom. The number of benzene rings is 1. The summed E-state index contributed by atoms with van der Waals surface area (Å²) < 4.78 is 0. The minimum absolute atomic E-state index is 0.0238. The van der Waals surface area contributed by atoms with Crippen LogP contribution in [0.1, 0.15) is 13.8 Å². The van der Waals surface area contributed by atoms with Crippen LogP contribution in [0.4, 0.5) is 11.5 Å². The lowest BCUT2D eigenvalue weighted by Gasteiger charge is -2.11. The van der Waals surface area contributed by atoms with Crippen molar-refractivity contribution in [3.63, 3.8) is 0 Å². The van der Waals surface area contributed by atoms with Gasteiger partial charge in [0.25, 0.3) is 0 Å². The fourth-order valence-electron chi connectivity index (χ4n) is 2.24. The molecule has 24 heavy (non-hydrogen) atoms. The third-order valence-corrected chi connectivity index (χ3v) is 4.24. The molecule has 0 aliphatic carbocycles. The highest BCUT2D eigenvalue weighted by molar-refractivity contribution is 7.99. The number of nitro groups is 1. The summed E-state index contributed by atoms with van der Waals surface area (Å²) in [5.41, 5.74) is 0.667. The topological polar surface area (TPSA) is 93.8 Å². The van der Waals surface area contributed by atoms with E-state index in [4.69, 9.17) is 0 Å². The number of hydrogen-bond acceptors (Lipinski definition) is 7. The van der Waals surface area contributed by atoms with E-state index in [0.717, 1.165) is 15.8 Å². The fourth-order valence-corrected chi connectivity index (χ4v) is 3.23. The molecule has 3 rings (SSSR count). The van der Waals surface area contributed by atoms with Gasteiger partial charge in [0.15, 0.2) is 5.03 Å². The zero-order valence-corrected chi connectivity index (χ0v) is 13.9. The Balaban J connectivity index is 2.07. The summed E-state index contributed by atoms with van der Waals surface area (Å²) in [4.78, 5) is 24.4. The van der Waals surface area contributed by atoms with Gasteiger partial charge in [0, 0.05) is 22.5 Å². The number of rotatable bonds is 5. The lowest BCUT2D eigenvalue weighted by molar-refractivity contribution is -0.387. The number of para-hydroxylation sites is 1. The molecule has 1 aromatic carbocycles. The highest BCUT2D eigenvalue weighted by Gasteiger charge is 2.24. The van der Waals surface area contributed by atoms with Gasteiger partial charge in [0.2, 0.25) is 5.82 Å². The van der Waals surface area contributed by atoms with Crippen LogP contribution in [-0.4, -0.2) is 25.9 Å². The molecule has 0 bridgehead atoms. The SMILES string of the molecule is CC(C)Nc1ncnc(Sc2cccc3cccnc23)c1[N+](=O)[O-]. The number of hydrogen-bond donors (Lipinski definition) is 1. The zero-order chi connectivity index (χ0) is 17.1. The maximum absolute atomic E-state index is 11.5. The molecule has 1 N–H and O–H groups in total. The first-order valence-electron chi connectivity index (χ1n) is 7.34. The Kier molecular flexibility index (Phi) is 4.57. The van der Waals surface area contributed by atoms with Crippen molar-refractivity contribution in [1.82, 2.24) is 15.0 Å². The first-order chi connectivity index (χ1) is 11.6. The number of nitrogens with zero attached hydrogens (tertiary/aromatic N) is 4.